The van der Waals surface area contributed by atoms with Gasteiger partial charge in [0.1, 0.15) is 16.3 Å². The third kappa shape index (κ3) is 2.70. The first-order valence-electron chi connectivity index (χ1n) is 7.55. The van der Waals surface area contributed by atoms with Gasteiger partial charge in [0, 0.05) is 10.9 Å². The van der Waals surface area contributed by atoms with Crippen LogP contribution in [0.2, 0.25) is 0 Å². The summed E-state index contributed by atoms with van der Waals surface area (Å²) in [7, 11) is -9.15. The third-order valence-corrected chi connectivity index (χ3v) is 5.97. The fourth-order valence-corrected chi connectivity index (χ4v) is 4.13. The number of aromatic nitrogens is 1. The Hall–Kier alpha value is -3.06. The van der Waals surface area contributed by atoms with Crippen LogP contribution in [0, 0.1) is 0 Å². The van der Waals surface area contributed by atoms with E-state index < -0.39 is 41.6 Å². The van der Waals surface area contributed by atoms with Crippen molar-refractivity contribution in [2.24, 2.45) is 4.99 Å². The van der Waals surface area contributed by atoms with Gasteiger partial charge in [0.15, 0.2) is 5.75 Å². The number of nitrogens with zero attached hydrogens (tertiary/aromatic N) is 1. The summed E-state index contributed by atoms with van der Waals surface area (Å²) in [5.74, 6) is -1.20. The van der Waals surface area contributed by atoms with Crippen molar-refractivity contribution in [3.05, 3.63) is 47.7 Å². The van der Waals surface area contributed by atoms with Crippen LogP contribution in [0.25, 0.3) is 10.9 Å². The highest BCUT2D eigenvalue weighted by Crippen LogP contribution is 2.38. The van der Waals surface area contributed by atoms with Crippen LogP contribution >= 0.6 is 0 Å². The molecule has 0 saturated carbocycles. The van der Waals surface area contributed by atoms with Crippen LogP contribution in [0.1, 0.15) is 16.1 Å². The lowest BCUT2D eigenvalue weighted by Crippen LogP contribution is -2.11. The van der Waals surface area contributed by atoms with E-state index in [-0.39, 0.29) is 33.6 Å². The number of rotatable bonds is 3. The highest BCUT2D eigenvalue weighted by atomic mass is 32.2. The quantitative estimate of drug-likeness (QED) is 0.461. The fraction of sp³-hybridized carbons (Fsp3) is 0. The van der Waals surface area contributed by atoms with E-state index in [0.717, 1.165) is 18.2 Å². The van der Waals surface area contributed by atoms with E-state index in [1.807, 2.05) is 0 Å². The van der Waals surface area contributed by atoms with Crippen molar-refractivity contribution in [3.63, 3.8) is 0 Å². The molecule has 28 heavy (non-hydrogen) atoms. The van der Waals surface area contributed by atoms with Crippen LogP contribution in [-0.2, 0) is 20.2 Å². The highest BCUT2D eigenvalue weighted by Gasteiger charge is 2.33. The molecule has 0 fully saturated rings. The first-order valence-corrected chi connectivity index (χ1v) is 10.4. The van der Waals surface area contributed by atoms with Crippen LogP contribution < -0.4 is 0 Å². The Morgan fingerprint density at radius 1 is 0.964 bits per heavy atom. The Bertz CT molecular complexity index is 1430. The third-order valence-electron chi connectivity index (χ3n) is 4.24. The molecule has 0 saturated heterocycles. The number of ketones is 1. The highest BCUT2D eigenvalue weighted by molar-refractivity contribution is 7.86. The minimum Gasteiger partial charge on any atom is -0.505 e. The Balaban J connectivity index is 1.94. The van der Waals surface area contributed by atoms with Crippen LogP contribution in [0.5, 0.6) is 5.75 Å². The Morgan fingerprint density at radius 2 is 1.68 bits per heavy atom. The number of Topliss-reactive ketones (excluding diaryl/α,β-unsaturated/α-hetero) is 1. The van der Waals surface area contributed by atoms with Crippen molar-refractivity contribution < 1.29 is 35.8 Å². The molecule has 2 aromatic carbocycles. The minimum atomic E-state index is -4.64. The lowest BCUT2D eigenvalue weighted by Gasteiger charge is -2.01. The van der Waals surface area contributed by atoms with E-state index in [0.29, 0.717) is 0 Å². The molecule has 144 valence electrons. The molecule has 0 bridgehead atoms. The summed E-state index contributed by atoms with van der Waals surface area (Å²) in [5.41, 5.74) is -0.567. The molecular weight excluding hydrogens is 412 g/mol. The van der Waals surface area contributed by atoms with Gasteiger partial charge >= 0.3 is 0 Å². The SMILES string of the molecule is O=C1C(c2[nH]c3ccc(S(=O)(=O)O)cc3c2O)=Nc2c1cccc2S(=O)(=O)O. The van der Waals surface area contributed by atoms with Gasteiger partial charge in [0.2, 0.25) is 5.78 Å². The molecule has 10 nitrogen and oxygen atoms in total. The summed E-state index contributed by atoms with van der Waals surface area (Å²) in [6.07, 6.45) is 0. The predicted molar refractivity (Wildman–Crippen MR) is 96.6 cm³/mol. The second kappa shape index (κ2) is 5.72. The van der Waals surface area contributed by atoms with Crippen molar-refractivity contribution in [1.29, 1.82) is 0 Å². The van der Waals surface area contributed by atoms with Gasteiger partial charge in [-0.1, -0.05) is 6.07 Å². The van der Waals surface area contributed by atoms with E-state index in [9.17, 15) is 31.3 Å². The number of aromatic amines is 1. The van der Waals surface area contributed by atoms with Gasteiger partial charge < -0.3 is 10.1 Å². The Kier molecular flexibility index (Phi) is 3.74. The number of benzene rings is 2. The molecule has 1 aromatic heterocycles. The van der Waals surface area contributed by atoms with E-state index >= 15 is 0 Å². The van der Waals surface area contributed by atoms with Crippen LogP contribution in [0.15, 0.2) is 51.2 Å². The number of carbonyl (C=O) groups excluding carboxylic acids is 1. The summed E-state index contributed by atoms with van der Waals surface area (Å²) in [6.45, 7) is 0. The van der Waals surface area contributed by atoms with Crippen molar-refractivity contribution >= 4 is 48.3 Å². The van der Waals surface area contributed by atoms with Gasteiger partial charge in [-0.05, 0) is 30.3 Å². The number of hydrogen-bond acceptors (Lipinski definition) is 7. The van der Waals surface area contributed by atoms with Gasteiger partial charge in [-0.25, -0.2) is 4.99 Å². The topological polar surface area (TPSA) is 174 Å². The largest absolute Gasteiger partial charge is 0.505 e. The molecule has 0 unspecified atom stereocenters. The van der Waals surface area contributed by atoms with Gasteiger partial charge in [0.25, 0.3) is 20.2 Å². The van der Waals surface area contributed by atoms with Crippen molar-refractivity contribution in [1.82, 2.24) is 4.98 Å². The molecule has 0 atom stereocenters. The van der Waals surface area contributed by atoms with Crippen LogP contribution in [-0.4, -0.2) is 47.5 Å². The monoisotopic (exact) mass is 422 g/mol. The van der Waals surface area contributed by atoms with Gasteiger partial charge in [-0.2, -0.15) is 16.8 Å². The molecule has 1 aliphatic heterocycles. The smallest absolute Gasteiger partial charge is 0.296 e. The predicted octanol–water partition coefficient (Wildman–Crippen LogP) is 1.68. The van der Waals surface area contributed by atoms with Crippen molar-refractivity contribution in [2.75, 3.05) is 0 Å². The number of aliphatic imine (C=N–C) groups is 1. The zero-order valence-corrected chi connectivity index (χ0v) is 15.2. The van der Waals surface area contributed by atoms with Crippen LogP contribution in [0.3, 0.4) is 0 Å². The summed E-state index contributed by atoms with van der Waals surface area (Å²) in [4.78, 5) is 18.3. The fourth-order valence-electron chi connectivity index (χ4n) is 2.98. The maximum atomic E-state index is 12.7. The first-order chi connectivity index (χ1) is 13.0. The standard InChI is InChI=1S/C16H10N2O8S2/c19-15-8-2-1-3-11(28(24,25)26)12(8)18-14(15)13-16(20)9-6-7(27(21,22)23)4-5-10(9)17-13/h1-6,17,20H,(H,21,22,23)(H,24,25,26). The van der Waals surface area contributed by atoms with E-state index in [1.165, 1.54) is 18.2 Å². The van der Waals surface area contributed by atoms with Gasteiger partial charge in [-0.15, -0.1) is 0 Å². The molecule has 4 rings (SSSR count). The van der Waals surface area contributed by atoms with Gasteiger partial charge in [0.05, 0.1) is 16.1 Å². The van der Waals surface area contributed by atoms with Crippen LogP contribution in [0.4, 0.5) is 5.69 Å². The number of carbonyl (C=O) groups is 1. The Labute approximate surface area is 157 Å². The molecule has 0 radical (unpaired) electrons. The number of nitrogens with one attached hydrogen (secondary N) is 1. The molecule has 0 aliphatic carbocycles. The molecule has 0 spiro atoms. The average molecular weight is 422 g/mol. The number of hydrogen-bond donors (Lipinski definition) is 4. The maximum Gasteiger partial charge on any atom is 0.296 e. The lowest BCUT2D eigenvalue weighted by molar-refractivity contribution is 0.106. The zero-order chi connectivity index (χ0) is 20.4. The van der Waals surface area contributed by atoms with Gasteiger partial charge in [-0.3, -0.25) is 13.9 Å². The summed E-state index contributed by atoms with van der Waals surface area (Å²) in [6, 6.07) is 7.05. The number of para-hydroxylation sites is 1. The Morgan fingerprint density at radius 3 is 2.32 bits per heavy atom. The van der Waals surface area contributed by atoms with Crippen molar-refractivity contribution in [2.45, 2.75) is 9.79 Å². The van der Waals surface area contributed by atoms with E-state index in [1.54, 1.807) is 0 Å². The number of H-pyrrole nitrogens is 1. The molecule has 4 N–H and O–H groups in total. The first kappa shape index (κ1) is 18.3. The molecule has 0 amide bonds. The molecule has 3 aromatic rings. The maximum absolute atomic E-state index is 12.7. The zero-order valence-electron chi connectivity index (χ0n) is 13.6. The second-order valence-corrected chi connectivity index (χ2v) is 8.76. The van der Waals surface area contributed by atoms with E-state index in [2.05, 4.69) is 9.98 Å². The summed E-state index contributed by atoms with van der Waals surface area (Å²) >= 11 is 0. The number of fused-ring (bicyclic) bond motifs is 2. The normalized spacial score (nSPS) is 14.4. The molecule has 12 heteroatoms. The minimum absolute atomic E-state index is 0.00610. The van der Waals surface area contributed by atoms with Crippen molar-refractivity contribution in [3.8, 4) is 5.75 Å². The average Bonchev–Trinajstić information content (AvgIpc) is 3.10. The lowest BCUT2D eigenvalue weighted by atomic mass is 10.1. The molecular formula is C16H10N2O8S2. The van der Waals surface area contributed by atoms with E-state index in [4.69, 9.17) is 4.55 Å². The molecule has 2 heterocycles. The summed E-state index contributed by atoms with van der Waals surface area (Å²) in [5, 5.41) is 10.5. The number of aromatic hydroxyl groups is 1. The molecule has 1 aliphatic rings. The second-order valence-electron chi connectivity index (χ2n) is 5.95. The summed E-state index contributed by atoms with van der Waals surface area (Å²) < 4.78 is 64.1.